The first-order valence-corrected chi connectivity index (χ1v) is 5.88. The summed E-state index contributed by atoms with van der Waals surface area (Å²) in [5.74, 6) is 1.31. The second-order valence-corrected chi connectivity index (χ2v) is 4.17. The molecule has 0 aliphatic carbocycles. The average Bonchev–Trinajstić information content (AvgIpc) is 2.39. The predicted molar refractivity (Wildman–Crippen MR) is 66.1 cm³/mol. The fourth-order valence-corrected chi connectivity index (χ4v) is 2.25. The summed E-state index contributed by atoms with van der Waals surface area (Å²) in [5, 5.41) is 3.90. The molecule has 1 heterocycles. The van der Waals surface area contributed by atoms with Crippen molar-refractivity contribution in [2.24, 2.45) is 0 Å². The van der Waals surface area contributed by atoms with Gasteiger partial charge in [-0.25, -0.2) is 0 Å². The summed E-state index contributed by atoms with van der Waals surface area (Å²) in [4.78, 5) is 0. The molecule has 0 radical (unpaired) electrons. The first-order valence-electron chi connectivity index (χ1n) is 5.50. The second-order valence-electron chi connectivity index (χ2n) is 3.76. The SMILES string of the molecule is COc1ccc(Cl)c(C2CNCCO2)c1OC. The summed E-state index contributed by atoms with van der Waals surface area (Å²) in [6.45, 7) is 2.25. The summed E-state index contributed by atoms with van der Waals surface area (Å²) < 4.78 is 16.4. The number of hydrogen-bond acceptors (Lipinski definition) is 4. The highest BCUT2D eigenvalue weighted by molar-refractivity contribution is 6.31. The summed E-state index contributed by atoms with van der Waals surface area (Å²) in [5.41, 5.74) is 0.848. The molecule has 4 nitrogen and oxygen atoms in total. The predicted octanol–water partition coefficient (Wildman–Crippen LogP) is 2.02. The van der Waals surface area contributed by atoms with Crippen molar-refractivity contribution in [2.75, 3.05) is 33.9 Å². The molecule has 17 heavy (non-hydrogen) atoms. The van der Waals surface area contributed by atoms with Gasteiger partial charge in [0, 0.05) is 18.7 Å². The van der Waals surface area contributed by atoms with Crippen LogP contribution in [0.5, 0.6) is 11.5 Å². The Kier molecular flexibility index (Phi) is 4.10. The van der Waals surface area contributed by atoms with Crippen LogP contribution < -0.4 is 14.8 Å². The molecule has 1 saturated heterocycles. The van der Waals surface area contributed by atoms with Gasteiger partial charge in [-0.1, -0.05) is 11.6 Å². The van der Waals surface area contributed by atoms with Gasteiger partial charge in [0.2, 0.25) is 0 Å². The van der Waals surface area contributed by atoms with Crippen LogP contribution in [0.3, 0.4) is 0 Å². The first-order chi connectivity index (χ1) is 8.27. The van der Waals surface area contributed by atoms with Crippen LogP contribution in [0.4, 0.5) is 0 Å². The Hall–Kier alpha value is -0.970. The molecule has 1 aliphatic rings. The molecule has 94 valence electrons. The first kappa shape index (κ1) is 12.5. The van der Waals surface area contributed by atoms with Gasteiger partial charge in [0.05, 0.1) is 25.8 Å². The molecule has 1 N–H and O–H groups in total. The van der Waals surface area contributed by atoms with Crippen molar-refractivity contribution in [2.45, 2.75) is 6.10 Å². The lowest BCUT2D eigenvalue weighted by Crippen LogP contribution is -2.33. The molecule has 0 amide bonds. The number of nitrogens with one attached hydrogen (secondary N) is 1. The van der Waals surface area contributed by atoms with E-state index in [2.05, 4.69) is 5.32 Å². The number of methoxy groups -OCH3 is 2. The molecule has 1 unspecified atom stereocenters. The summed E-state index contributed by atoms with van der Waals surface area (Å²) in [6, 6.07) is 3.59. The molecule has 1 aromatic rings. The third-order valence-electron chi connectivity index (χ3n) is 2.78. The Morgan fingerprint density at radius 1 is 1.35 bits per heavy atom. The van der Waals surface area contributed by atoms with Gasteiger partial charge in [-0.15, -0.1) is 0 Å². The normalized spacial score (nSPS) is 20.1. The van der Waals surface area contributed by atoms with Crippen molar-refractivity contribution in [3.8, 4) is 11.5 Å². The third kappa shape index (κ3) is 2.49. The van der Waals surface area contributed by atoms with Gasteiger partial charge in [-0.05, 0) is 12.1 Å². The number of ether oxygens (including phenoxy) is 3. The molecular formula is C12H16ClNO3. The fraction of sp³-hybridized carbons (Fsp3) is 0.500. The molecule has 1 aromatic carbocycles. The number of morpholine rings is 1. The Balaban J connectivity index is 2.41. The van der Waals surface area contributed by atoms with E-state index in [9.17, 15) is 0 Å². The van der Waals surface area contributed by atoms with Gasteiger partial charge in [-0.3, -0.25) is 0 Å². The molecular weight excluding hydrogens is 242 g/mol. The molecule has 5 heteroatoms. The Labute approximate surface area is 106 Å². The van der Waals surface area contributed by atoms with E-state index in [1.165, 1.54) is 0 Å². The van der Waals surface area contributed by atoms with Gasteiger partial charge >= 0.3 is 0 Å². The lowest BCUT2D eigenvalue weighted by molar-refractivity contribution is 0.0261. The minimum atomic E-state index is -0.0960. The number of halogens is 1. The standard InChI is InChI=1S/C12H16ClNO3/c1-15-9-4-3-8(13)11(12(9)16-2)10-7-14-5-6-17-10/h3-4,10,14H,5-7H2,1-2H3. The van der Waals surface area contributed by atoms with Crippen LogP contribution in [-0.4, -0.2) is 33.9 Å². The molecule has 1 aliphatic heterocycles. The molecule has 2 rings (SSSR count). The zero-order valence-corrected chi connectivity index (χ0v) is 10.7. The maximum absolute atomic E-state index is 6.23. The van der Waals surface area contributed by atoms with E-state index in [-0.39, 0.29) is 6.10 Å². The third-order valence-corrected chi connectivity index (χ3v) is 3.11. The van der Waals surface area contributed by atoms with E-state index in [0.717, 1.165) is 18.7 Å². The highest BCUT2D eigenvalue weighted by Crippen LogP contribution is 2.41. The smallest absolute Gasteiger partial charge is 0.168 e. The minimum absolute atomic E-state index is 0.0960. The van der Waals surface area contributed by atoms with Crippen LogP contribution in [-0.2, 0) is 4.74 Å². The van der Waals surface area contributed by atoms with Crippen LogP contribution in [0, 0.1) is 0 Å². The van der Waals surface area contributed by atoms with Gasteiger partial charge in [-0.2, -0.15) is 0 Å². The summed E-state index contributed by atoms with van der Waals surface area (Å²) >= 11 is 6.23. The van der Waals surface area contributed by atoms with Gasteiger partial charge in [0.1, 0.15) is 6.10 Å². The summed E-state index contributed by atoms with van der Waals surface area (Å²) in [7, 11) is 3.21. The Bertz CT molecular complexity index is 392. The van der Waals surface area contributed by atoms with Crippen molar-refractivity contribution in [3.05, 3.63) is 22.7 Å². The van der Waals surface area contributed by atoms with Crippen LogP contribution in [0.25, 0.3) is 0 Å². The Morgan fingerprint density at radius 2 is 2.18 bits per heavy atom. The molecule has 0 spiro atoms. The van der Waals surface area contributed by atoms with Crippen LogP contribution >= 0.6 is 11.6 Å². The summed E-state index contributed by atoms with van der Waals surface area (Å²) in [6.07, 6.45) is -0.0960. The van der Waals surface area contributed by atoms with Crippen molar-refractivity contribution >= 4 is 11.6 Å². The lowest BCUT2D eigenvalue weighted by atomic mass is 10.1. The molecule has 0 aromatic heterocycles. The maximum Gasteiger partial charge on any atom is 0.168 e. The molecule has 0 saturated carbocycles. The number of hydrogen-bond donors (Lipinski definition) is 1. The van der Waals surface area contributed by atoms with E-state index < -0.39 is 0 Å². The number of benzene rings is 1. The van der Waals surface area contributed by atoms with Crippen molar-refractivity contribution in [1.82, 2.24) is 5.32 Å². The topological polar surface area (TPSA) is 39.7 Å². The van der Waals surface area contributed by atoms with Crippen molar-refractivity contribution < 1.29 is 14.2 Å². The molecule has 1 atom stereocenters. The van der Waals surface area contributed by atoms with E-state index in [1.807, 2.05) is 0 Å². The zero-order valence-electron chi connectivity index (χ0n) is 9.96. The van der Waals surface area contributed by atoms with Crippen LogP contribution in [0.15, 0.2) is 12.1 Å². The van der Waals surface area contributed by atoms with E-state index in [1.54, 1.807) is 26.4 Å². The van der Waals surface area contributed by atoms with Crippen molar-refractivity contribution in [3.63, 3.8) is 0 Å². The zero-order chi connectivity index (χ0) is 12.3. The average molecular weight is 258 g/mol. The lowest BCUT2D eigenvalue weighted by Gasteiger charge is -2.26. The second kappa shape index (κ2) is 5.58. The van der Waals surface area contributed by atoms with E-state index >= 15 is 0 Å². The largest absolute Gasteiger partial charge is 0.493 e. The van der Waals surface area contributed by atoms with E-state index in [0.29, 0.717) is 23.1 Å². The highest BCUT2D eigenvalue weighted by Gasteiger charge is 2.24. The van der Waals surface area contributed by atoms with Gasteiger partial charge in [0.25, 0.3) is 0 Å². The van der Waals surface area contributed by atoms with Crippen LogP contribution in [0.1, 0.15) is 11.7 Å². The monoisotopic (exact) mass is 257 g/mol. The van der Waals surface area contributed by atoms with Gasteiger partial charge < -0.3 is 19.5 Å². The highest BCUT2D eigenvalue weighted by atomic mass is 35.5. The molecule has 1 fully saturated rings. The maximum atomic E-state index is 6.23. The fourth-order valence-electron chi connectivity index (χ4n) is 1.98. The van der Waals surface area contributed by atoms with E-state index in [4.69, 9.17) is 25.8 Å². The Morgan fingerprint density at radius 3 is 2.76 bits per heavy atom. The van der Waals surface area contributed by atoms with Crippen LogP contribution in [0.2, 0.25) is 5.02 Å². The minimum Gasteiger partial charge on any atom is -0.493 e. The van der Waals surface area contributed by atoms with Gasteiger partial charge in [0.15, 0.2) is 11.5 Å². The van der Waals surface area contributed by atoms with Crippen molar-refractivity contribution in [1.29, 1.82) is 0 Å². The number of rotatable bonds is 3. The molecule has 0 bridgehead atoms. The quantitative estimate of drug-likeness (QED) is 0.899.